The fourth-order valence-corrected chi connectivity index (χ4v) is 6.65. The quantitative estimate of drug-likeness (QED) is 0.239. The van der Waals surface area contributed by atoms with Gasteiger partial charge in [-0.2, -0.15) is 0 Å². The van der Waals surface area contributed by atoms with Gasteiger partial charge in [-0.3, -0.25) is 24.0 Å². The molecule has 3 aromatic rings. The van der Waals surface area contributed by atoms with E-state index < -0.39 is 76.5 Å². The summed E-state index contributed by atoms with van der Waals surface area (Å²) in [7, 11) is 0. The van der Waals surface area contributed by atoms with E-state index in [1.807, 2.05) is 30.3 Å². The van der Waals surface area contributed by atoms with Crippen LogP contribution in [0.25, 0.3) is 10.8 Å². The molecule has 0 bridgehead atoms. The number of rotatable bonds is 3. The number of carbonyl (C=O) groups is 6. The number of urea groups is 1. The van der Waals surface area contributed by atoms with E-state index in [1.54, 1.807) is 18.2 Å². The van der Waals surface area contributed by atoms with Crippen molar-refractivity contribution >= 4 is 57.2 Å². The molecule has 0 radical (unpaired) electrons. The lowest BCUT2D eigenvalue weighted by Gasteiger charge is -2.48. The van der Waals surface area contributed by atoms with Gasteiger partial charge in [-0.05, 0) is 41.8 Å². The van der Waals surface area contributed by atoms with Gasteiger partial charge in [0.15, 0.2) is 34.7 Å². The number of aromatic hydroxyl groups is 1. The maximum Gasteiger partial charge on any atom is 0.323 e. The predicted molar refractivity (Wildman–Crippen MR) is 145 cm³/mol. The molecule has 3 amide bonds. The molecule has 2 saturated carbocycles. The fraction of sp³-hybridized carbons (Fsp3) is 0.267. The Labute approximate surface area is 232 Å². The lowest BCUT2D eigenvalue weighted by molar-refractivity contribution is -0.175. The second-order valence-corrected chi connectivity index (χ2v) is 10.8. The molecule has 5 atom stereocenters. The Hall–Kier alpha value is -4.90. The maximum atomic E-state index is 13.7. The van der Waals surface area contributed by atoms with Crippen LogP contribution in [-0.4, -0.2) is 50.9 Å². The molecule has 6 rings (SSSR count). The number of amides is 3. The number of aliphatic hydroxyl groups is 1. The minimum atomic E-state index is -2.72. The Morgan fingerprint density at radius 2 is 1.59 bits per heavy atom. The molecule has 0 heterocycles. The van der Waals surface area contributed by atoms with Crippen LogP contribution in [0.1, 0.15) is 28.8 Å². The largest absolute Gasteiger partial charge is 0.505 e. The van der Waals surface area contributed by atoms with Crippen LogP contribution in [0.4, 0.5) is 16.2 Å². The molecule has 11 nitrogen and oxygen atoms in total. The maximum absolute atomic E-state index is 13.7. The van der Waals surface area contributed by atoms with Crippen LogP contribution in [0.5, 0.6) is 5.75 Å². The number of benzene rings is 3. The van der Waals surface area contributed by atoms with Gasteiger partial charge < -0.3 is 26.6 Å². The Bertz CT molecular complexity index is 1710. The van der Waals surface area contributed by atoms with Crippen LogP contribution < -0.4 is 16.4 Å². The highest BCUT2D eigenvalue weighted by molar-refractivity contribution is 6.31. The zero-order chi connectivity index (χ0) is 29.2. The zero-order valence-electron chi connectivity index (χ0n) is 21.5. The van der Waals surface area contributed by atoms with E-state index in [0.29, 0.717) is 11.3 Å². The van der Waals surface area contributed by atoms with Crippen LogP contribution >= 0.6 is 0 Å². The van der Waals surface area contributed by atoms with Crippen molar-refractivity contribution in [1.29, 1.82) is 0 Å². The lowest BCUT2D eigenvalue weighted by Crippen LogP contribution is -2.68. The Balaban J connectivity index is 1.29. The molecule has 11 heteroatoms. The highest BCUT2D eigenvalue weighted by Crippen LogP contribution is 2.50. The summed E-state index contributed by atoms with van der Waals surface area (Å²) < 4.78 is 0. The molecule has 6 N–H and O–H groups in total. The summed E-state index contributed by atoms with van der Waals surface area (Å²) in [6, 6.07) is 15.1. The first-order chi connectivity index (χ1) is 19.5. The number of hydrogen-bond donors (Lipinski definition) is 5. The van der Waals surface area contributed by atoms with E-state index in [2.05, 4.69) is 10.6 Å². The third-order valence-electron chi connectivity index (χ3n) is 8.56. The van der Waals surface area contributed by atoms with Gasteiger partial charge in [0.05, 0.1) is 22.9 Å². The molecule has 0 aromatic heterocycles. The standard InChI is InChI=1S/C30H25N3O8/c31-28(39)23-20(34)12-16-11-15-10-14-8-9-19(24(35)21(14)25(36)22(15)26(37)30(16,41)27(23)38)33-29(40)32-18-7-3-5-13-4-1-2-6-17(13)18/h1-9,15-16,22-23,35,41H,10-12H2,(H2,31,39)(H2,32,33,40)/t15-,16-,22?,23?,30-/m0/s1. The van der Waals surface area contributed by atoms with Gasteiger partial charge in [0.2, 0.25) is 5.91 Å². The topological polar surface area (TPSA) is 193 Å². The van der Waals surface area contributed by atoms with E-state index in [-0.39, 0.29) is 24.1 Å². The monoisotopic (exact) mass is 555 g/mol. The van der Waals surface area contributed by atoms with Gasteiger partial charge in [-0.25, -0.2) is 4.79 Å². The summed E-state index contributed by atoms with van der Waals surface area (Å²) in [4.78, 5) is 77.4. The number of carbonyl (C=O) groups excluding carboxylic acids is 6. The van der Waals surface area contributed by atoms with Gasteiger partial charge in [0.1, 0.15) is 5.75 Å². The summed E-state index contributed by atoms with van der Waals surface area (Å²) in [6.45, 7) is 0. The number of fused-ring (bicyclic) bond motifs is 4. The molecule has 3 aliphatic carbocycles. The number of anilines is 2. The SMILES string of the molecule is NC(=O)C1C(=O)C[C@@H]2C[C@@H]3Cc4ccc(NC(=O)Nc5cccc6ccccc56)c(O)c4C(=O)C3C(=O)[C@]2(O)C1=O. The summed E-state index contributed by atoms with van der Waals surface area (Å²) >= 11 is 0. The Morgan fingerprint density at radius 1 is 0.878 bits per heavy atom. The van der Waals surface area contributed by atoms with Gasteiger partial charge in [-0.15, -0.1) is 0 Å². The lowest BCUT2D eigenvalue weighted by atomic mass is 9.54. The zero-order valence-corrected chi connectivity index (χ0v) is 21.5. The minimum Gasteiger partial charge on any atom is -0.505 e. The van der Waals surface area contributed by atoms with Crippen molar-refractivity contribution in [1.82, 2.24) is 0 Å². The predicted octanol–water partition coefficient (Wildman–Crippen LogP) is 2.12. The molecule has 3 aromatic carbocycles. The molecule has 2 unspecified atom stereocenters. The van der Waals surface area contributed by atoms with Crippen molar-refractivity contribution in [3.8, 4) is 5.75 Å². The van der Waals surface area contributed by atoms with Gasteiger partial charge in [0, 0.05) is 17.7 Å². The van der Waals surface area contributed by atoms with Gasteiger partial charge in [-0.1, -0.05) is 42.5 Å². The Kier molecular flexibility index (Phi) is 6.00. The number of nitrogens with two attached hydrogens (primary N) is 1. The molecule has 208 valence electrons. The average Bonchev–Trinajstić information content (AvgIpc) is 2.92. The van der Waals surface area contributed by atoms with Crippen molar-refractivity contribution in [3.63, 3.8) is 0 Å². The molecule has 0 saturated heterocycles. The smallest absolute Gasteiger partial charge is 0.323 e. The first-order valence-corrected chi connectivity index (χ1v) is 13.1. The van der Waals surface area contributed by atoms with Crippen molar-refractivity contribution in [2.24, 2.45) is 29.4 Å². The number of phenols is 1. The molecular weight excluding hydrogens is 530 g/mol. The fourth-order valence-electron chi connectivity index (χ4n) is 6.65. The normalized spacial score (nSPS) is 27.0. The first-order valence-electron chi connectivity index (χ1n) is 13.1. The van der Waals surface area contributed by atoms with E-state index >= 15 is 0 Å². The van der Waals surface area contributed by atoms with Crippen LogP contribution in [0.3, 0.4) is 0 Å². The third kappa shape index (κ3) is 3.92. The van der Waals surface area contributed by atoms with E-state index in [0.717, 1.165) is 10.8 Å². The number of primary amides is 1. The van der Waals surface area contributed by atoms with Crippen molar-refractivity contribution in [2.75, 3.05) is 10.6 Å². The highest BCUT2D eigenvalue weighted by atomic mass is 16.3. The first kappa shape index (κ1) is 26.3. The number of nitrogens with one attached hydrogen (secondary N) is 2. The van der Waals surface area contributed by atoms with Crippen molar-refractivity contribution in [2.45, 2.75) is 24.9 Å². The number of Topliss-reactive ketones (excluding diaryl/α,β-unsaturated/α-hetero) is 4. The molecule has 41 heavy (non-hydrogen) atoms. The van der Waals surface area contributed by atoms with E-state index in [1.165, 1.54) is 6.07 Å². The summed E-state index contributed by atoms with van der Waals surface area (Å²) in [5.74, 6) is -11.0. The van der Waals surface area contributed by atoms with Crippen LogP contribution in [0.15, 0.2) is 54.6 Å². The number of phenolic OH excluding ortho intramolecular Hbond substituents is 1. The third-order valence-corrected chi connectivity index (χ3v) is 8.56. The minimum absolute atomic E-state index is 0.00918. The molecule has 2 fully saturated rings. The van der Waals surface area contributed by atoms with Gasteiger partial charge >= 0.3 is 6.03 Å². The van der Waals surface area contributed by atoms with Crippen molar-refractivity contribution in [3.05, 3.63) is 65.7 Å². The van der Waals surface area contributed by atoms with E-state index in [9.17, 15) is 39.0 Å². The van der Waals surface area contributed by atoms with Crippen molar-refractivity contribution < 1.29 is 39.0 Å². The highest BCUT2D eigenvalue weighted by Gasteiger charge is 2.66. The molecule has 3 aliphatic rings. The molecule has 0 spiro atoms. The summed E-state index contributed by atoms with van der Waals surface area (Å²) in [6.07, 6.45) is -0.233. The summed E-state index contributed by atoms with van der Waals surface area (Å²) in [5.41, 5.74) is 3.16. The van der Waals surface area contributed by atoms with Crippen LogP contribution in [-0.2, 0) is 25.6 Å². The Morgan fingerprint density at radius 3 is 2.34 bits per heavy atom. The van der Waals surface area contributed by atoms with Crippen LogP contribution in [0.2, 0.25) is 0 Å². The average molecular weight is 556 g/mol. The van der Waals surface area contributed by atoms with E-state index in [4.69, 9.17) is 5.73 Å². The van der Waals surface area contributed by atoms with Gasteiger partial charge in [0.25, 0.3) is 0 Å². The molecule has 0 aliphatic heterocycles. The number of ketones is 4. The summed E-state index contributed by atoms with van der Waals surface area (Å²) in [5, 5.41) is 29.3. The number of hydrogen-bond acceptors (Lipinski definition) is 8. The molecular formula is C30H25N3O8. The second kappa shape index (κ2) is 9.34. The second-order valence-electron chi connectivity index (χ2n) is 10.8. The van der Waals surface area contributed by atoms with Crippen LogP contribution in [0, 0.1) is 23.7 Å².